The van der Waals surface area contributed by atoms with Crippen molar-refractivity contribution in [2.24, 2.45) is 10.4 Å². The van der Waals surface area contributed by atoms with Gasteiger partial charge in [0.05, 0.1) is 41.4 Å². The van der Waals surface area contributed by atoms with Gasteiger partial charge in [0.1, 0.15) is 46.4 Å². The number of likely N-dealkylation sites (tertiary alicyclic amines) is 1. The summed E-state index contributed by atoms with van der Waals surface area (Å²) in [6.45, 7) is 16.1. The number of benzene rings is 4. The number of aromatic nitrogens is 4. The van der Waals surface area contributed by atoms with Gasteiger partial charge in [-0.1, -0.05) is 81.4 Å². The normalized spacial score (nSPS) is 18.3. The van der Waals surface area contributed by atoms with Crippen LogP contribution in [0.5, 0.6) is 5.75 Å². The number of hydrogen-bond donors (Lipinski definition) is 3. The molecule has 4 aromatic heterocycles. The SMILES string of the molecule is COC(=O)C[C@@H]1N=C(c2ccc(-c3ccc(C(=O)NC4CC(Oc5ccc6oc(C(=O)NC(C(=O)N7CCC[C@H]7C(=O)N[C@@H](C)c7ccc(-c8scnc8C)cc7)C(C)(C)C)cc6c5)C4)cc3)cc2)c2c(sc(C)c2C)-n2c(C)nnc21. The first kappa shape index (κ1) is 55.6. The summed E-state index contributed by atoms with van der Waals surface area (Å²) in [6.07, 6.45) is 2.32. The standard InChI is InChI=1S/C63H65N9O8S2/c1-33-36(4)82-62-53(33)54(67-48(31-52(73)78-9)57-70-69-37(5)72(57)62)41-18-14-39(15-19-41)40-16-22-43(23-17-40)58(74)66-45-29-47(30-45)79-46-24-25-50-44(27-46)28-51(80-50)60(76)68-56(63(6,7)8)61(77)71-26-10-11-49(71)59(75)65-34(2)38-12-20-42(21-13-38)55-35(3)64-32-81-55/h12-25,27-28,32,34,45,47-49,56H,10-11,26,29-31H2,1-9H3,(H,65,75)(H,66,74)(H,68,76)/t34-,45?,47?,48-,49-,56?/m0/s1. The molecule has 11 rings (SSSR count). The summed E-state index contributed by atoms with van der Waals surface area (Å²) in [5.41, 5.74) is 10.9. The molecule has 1 saturated heterocycles. The van der Waals surface area contributed by atoms with Crippen LogP contribution < -0.4 is 20.7 Å². The van der Waals surface area contributed by atoms with E-state index in [1.807, 2.05) is 130 Å². The van der Waals surface area contributed by atoms with Gasteiger partial charge in [0.25, 0.3) is 11.8 Å². The van der Waals surface area contributed by atoms with Crippen LogP contribution in [0.15, 0.2) is 112 Å². The van der Waals surface area contributed by atoms with Gasteiger partial charge < -0.3 is 34.7 Å². The Morgan fingerprint density at radius 2 is 1.52 bits per heavy atom. The number of aliphatic imine (C=N–C) groups is 1. The number of amides is 4. The van der Waals surface area contributed by atoms with Gasteiger partial charge in [-0.15, -0.1) is 32.9 Å². The maximum atomic E-state index is 14.4. The number of rotatable bonds is 15. The van der Waals surface area contributed by atoms with Crippen LogP contribution >= 0.6 is 22.7 Å². The van der Waals surface area contributed by atoms with E-state index in [4.69, 9.17) is 18.9 Å². The first-order valence-corrected chi connectivity index (χ1v) is 29.3. The van der Waals surface area contributed by atoms with Crippen LogP contribution in [0.4, 0.5) is 0 Å². The zero-order valence-corrected chi connectivity index (χ0v) is 48.9. The van der Waals surface area contributed by atoms with E-state index in [2.05, 4.69) is 45.0 Å². The fraction of sp³-hybridized carbons (Fsp3) is 0.349. The second-order valence-electron chi connectivity index (χ2n) is 22.6. The molecule has 19 heteroatoms. The molecule has 0 bridgehead atoms. The van der Waals surface area contributed by atoms with Crippen LogP contribution in [0.1, 0.15) is 137 Å². The third kappa shape index (κ3) is 11.1. The Morgan fingerprint density at radius 3 is 2.21 bits per heavy atom. The molecule has 422 valence electrons. The molecule has 0 radical (unpaired) electrons. The van der Waals surface area contributed by atoms with Gasteiger partial charge in [-0.2, -0.15) is 0 Å². The van der Waals surface area contributed by atoms with E-state index >= 15 is 0 Å². The Balaban J connectivity index is 0.675. The maximum absolute atomic E-state index is 14.4. The van der Waals surface area contributed by atoms with Gasteiger partial charge in [-0.25, -0.2) is 4.98 Å². The van der Waals surface area contributed by atoms with Gasteiger partial charge in [-0.05, 0) is 117 Å². The lowest BCUT2D eigenvalue weighted by Gasteiger charge is -2.35. The smallest absolute Gasteiger partial charge is 0.308 e. The van der Waals surface area contributed by atoms with Crippen molar-refractivity contribution < 1.29 is 37.9 Å². The van der Waals surface area contributed by atoms with Crippen LogP contribution in [0, 0.1) is 33.1 Å². The van der Waals surface area contributed by atoms with Crippen LogP contribution in [0.2, 0.25) is 0 Å². The highest BCUT2D eigenvalue weighted by Crippen LogP contribution is 2.40. The molecular weight excluding hydrogens is 1070 g/mol. The van der Waals surface area contributed by atoms with E-state index in [9.17, 15) is 24.0 Å². The van der Waals surface area contributed by atoms with Gasteiger partial charge in [0.15, 0.2) is 11.6 Å². The zero-order valence-electron chi connectivity index (χ0n) is 47.3. The highest BCUT2D eigenvalue weighted by atomic mass is 32.1. The minimum Gasteiger partial charge on any atom is -0.490 e. The summed E-state index contributed by atoms with van der Waals surface area (Å²) in [6, 6.07) is 28.2. The van der Waals surface area contributed by atoms with E-state index in [1.54, 1.807) is 45.8 Å². The van der Waals surface area contributed by atoms with Gasteiger partial charge >= 0.3 is 5.97 Å². The first-order chi connectivity index (χ1) is 39.3. The summed E-state index contributed by atoms with van der Waals surface area (Å²) in [7, 11) is 1.37. The number of methoxy groups -OCH3 is 1. The predicted molar refractivity (Wildman–Crippen MR) is 316 cm³/mol. The lowest BCUT2D eigenvalue weighted by molar-refractivity contribution is -0.142. The van der Waals surface area contributed by atoms with Crippen molar-refractivity contribution in [3.8, 4) is 32.3 Å². The number of nitrogens with zero attached hydrogens (tertiary/aromatic N) is 6. The second-order valence-corrected chi connectivity index (χ2v) is 24.7. The van der Waals surface area contributed by atoms with E-state index < -0.39 is 29.4 Å². The third-order valence-electron chi connectivity index (χ3n) is 15.9. The number of carbonyl (C=O) groups is 5. The zero-order chi connectivity index (χ0) is 57.7. The number of esters is 1. The van der Waals surface area contributed by atoms with E-state index in [0.29, 0.717) is 60.3 Å². The maximum Gasteiger partial charge on any atom is 0.308 e. The Morgan fingerprint density at radius 1 is 0.829 bits per heavy atom. The number of aryl methyl sites for hydroxylation is 3. The molecule has 8 aromatic rings. The molecule has 3 aliphatic rings. The number of thiophene rings is 1. The molecule has 4 amide bonds. The number of fused-ring (bicyclic) bond motifs is 4. The highest BCUT2D eigenvalue weighted by molar-refractivity contribution is 7.15. The number of thiazole rings is 1. The van der Waals surface area contributed by atoms with Gasteiger partial charge in [0.2, 0.25) is 11.8 Å². The molecule has 1 saturated carbocycles. The van der Waals surface area contributed by atoms with Gasteiger partial charge in [-0.3, -0.25) is 33.5 Å². The topological polar surface area (TPSA) is 212 Å². The monoisotopic (exact) mass is 1140 g/mol. The number of hydrogen-bond acceptors (Lipinski definition) is 14. The van der Waals surface area contributed by atoms with Crippen LogP contribution in [-0.4, -0.2) is 97.8 Å². The first-order valence-electron chi connectivity index (χ1n) is 27.6. The molecule has 6 heterocycles. The van der Waals surface area contributed by atoms with Crippen LogP contribution in [0.3, 0.4) is 0 Å². The summed E-state index contributed by atoms with van der Waals surface area (Å²) in [4.78, 5) is 81.5. The molecular formula is C63H65N9O8S2. The van der Waals surface area contributed by atoms with Crippen molar-refractivity contribution in [3.63, 3.8) is 0 Å². The predicted octanol–water partition coefficient (Wildman–Crippen LogP) is 10.9. The molecule has 1 aliphatic carbocycles. The Bertz CT molecular complexity index is 3790. The molecule has 3 N–H and O–H groups in total. The third-order valence-corrected chi connectivity index (χ3v) is 18.1. The average Bonchev–Trinajstić information content (AvgIpc) is 4.51. The molecule has 4 atom stereocenters. The van der Waals surface area contributed by atoms with Crippen LogP contribution in [0.25, 0.3) is 37.5 Å². The lowest BCUT2D eigenvalue weighted by Crippen LogP contribution is -2.57. The second kappa shape index (κ2) is 22.6. The highest BCUT2D eigenvalue weighted by Gasteiger charge is 2.43. The molecule has 0 spiro atoms. The number of ether oxygens (including phenoxy) is 2. The largest absolute Gasteiger partial charge is 0.490 e. The quantitative estimate of drug-likeness (QED) is 0.0822. The summed E-state index contributed by atoms with van der Waals surface area (Å²) in [5, 5.41) is 19.7. The van der Waals surface area contributed by atoms with Crippen molar-refractivity contribution in [3.05, 3.63) is 158 Å². The average molecular weight is 1140 g/mol. The lowest BCUT2D eigenvalue weighted by atomic mass is 9.85. The molecule has 82 heavy (non-hydrogen) atoms. The molecule has 4 aromatic carbocycles. The Labute approximate surface area is 483 Å². The minimum atomic E-state index is -0.942. The summed E-state index contributed by atoms with van der Waals surface area (Å²) in [5.74, 6) is 0.322. The molecule has 2 aliphatic heterocycles. The number of nitrogens with one attached hydrogen (secondary N) is 3. The number of furan rings is 1. The number of carbonyl (C=O) groups excluding carboxylic acids is 5. The summed E-state index contributed by atoms with van der Waals surface area (Å²) < 4.78 is 19.4. The molecule has 1 unspecified atom stereocenters. The summed E-state index contributed by atoms with van der Waals surface area (Å²) >= 11 is 3.25. The van der Waals surface area contributed by atoms with E-state index in [0.717, 1.165) is 70.9 Å². The van der Waals surface area contributed by atoms with E-state index in [-0.39, 0.29) is 54.1 Å². The van der Waals surface area contributed by atoms with Gasteiger partial charge in [0, 0.05) is 52.4 Å². The Hall–Kier alpha value is -8.29. The Kier molecular flexibility index (Phi) is 15.3. The fourth-order valence-electron chi connectivity index (χ4n) is 11.1. The molecule has 17 nitrogen and oxygen atoms in total. The molecule has 2 fully saturated rings. The van der Waals surface area contributed by atoms with Crippen molar-refractivity contribution in [2.75, 3.05) is 13.7 Å². The minimum absolute atomic E-state index is 0.0267. The van der Waals surface area contributed by atoms with Crippen molar-refractivity contribution in [2.45, 2.75) is 124 Å². The van der Waals surface area contributed by atoms with Crippen LogP contribution in [-0.2, 0) is 19.1 Å². The van der Waals surface area contributed by atoms with E-state index in [1.165, 1.54) is 7.11 Å². The van der Waals surface area contributed by atoms with Crippen molar-refractivity contribution >= 4 is 69.0 Å². The van der Waals surface area contributed by atoms with Crippen molar-refractivity contribution in [1.29, 1.82) is 0 Å². The van der Waals surface area contributed by atoms with Crippen molar-refractivity contribution in [1.82, 2.24) is 40.6 Å². The fourth-order valence-corrected chi connectivity index (χ4v) is 13.1.